The maximum atomic E-state index is 13.3. The van der Waals surface area contributed by atoms with E-state index in [1.54, 1.807) is 41.6 Å². The fraction of sp³-hybridized carbons (Fsp3) is 0.296. The molecule has 1 aliphatic rings. The Kier molecular flexibility index (Phi) is 8.05. The Labute approximate surface area is 205 Å². The lowest BCUT2D eigenvalue weighted by molar-refractivity contribution is -0.114. The number of hydrogen-bond acceptors (Lipinski definition) is 5. The first-order valence-electron chi connectivity index (χ1n) is 11.8. The summed E-state index contributed by atoms with van der Waals surface area (Å²) in [5.41, 5.74) is 3.01. The third-order valence-corrected chi connectivity index (χ3v) is 6.08. The molecule has 1 aromatic heterocycles. The number of carbonyl (C=O) groups is 2. The van der Waals surface area contributed by atoms with Gasteiger partial charge in [0, 0.05) is 62.8 Å². The van der Waals surface area contributed by atoms with E-state index in [-0.39, 0.29) is 17.6 Å². The molecule has 2 heterocycles. The Morgan fingerprint density at radius 1 is 1.00 bits per heavy atom. The number of benzene rings is 2. The van der Waals surface area contributed by atoms with Gasteiger partial charge >= 0.3 is 0 Å². The summed E-state index contributed by atoms with van der Waals surface area (Å²) >= 11 is 0. The van der Waals surface area contributed by atoms with Gasteiger partial charge in [0.15, 0.2) is 0 Å². The summed E-state index contributed by atoms with van der Waals surface area (Å²) in [6, 6.07) is 17.3. The van der Waals surface area contributed by atoms with Crippen molar-refractivity contribution in [2.75, 3.05) is 54.4 Å². The normalized spacial score (nSPS) is 13.9. The minimum absolute atomic E-state index is 0.103. The van der Waals surface area contributed by atoms with Crippen molar-refractivity contribution in [2.45, 2.75) is 13.3 Å². The van der Waals surface area contributed by atoms with Crippen LogP contribution in [0.2, 0.25) is 0 Å². The zero-order valence-corrected chi connectivity index (χ0v) is 19.9. The molecule has 8 heteroatoms. The number of aromatic nitrogens is 1. The molecule has 2 aromatic carbocycles. The van der Waals surface area contributed by atoms with Gasteiger partial charge in [-0.3, -0.25) is 19.5 Å². The van der Waals surface area contributed by atoms with Crippen LogP contribution in [0.15, 0.2) is 73.1 Å². The van der Waals surface area contributed by atoms with E-state index < -0.39 is 0 Å². The number of amides is 2. The summed E-state index contributed by atoms with van der Waals surface area (Å²) in [5, 5.41) is 2.72. The van der Waals surface area contributed by atoms with Crippen LogP contribution >= 0.6 is 0 Å². The first-order valence-corrected chi connectivity index (χ1v) is 11.8. The highest BCUT2D eigenvalue weighted by molar-refractivity contribution is 6.06. The van der Waals surface area contributed by atoms with E-state index in [2.05, 4.69) is 20.1 Å². The predicted molar refractivity (Wildman–Crippen MR) is 136 cm³/mol. The SMILES string of the molecule is CC(=O)Nc1ccc(C(=O)N(CCCN2CCN(c3ccc(F)cc3)CC2)c2cccnc2)cc1. The van der Waals surface area contributed by atoms with Gasteiger partial charge in [-0.15, -0.1) is 0 Å². The van der Waals surface area contributed by atoms with E-state index in [0.29, 0.717) is 17.8 Å². The molecule has 7 nitrogen and oxygen atoms in total. The molecule has 0 atom stereocenters. The first-order chi connectivity index (χ1) is 17.0. The van der Waals surface area contributed by atoms with Gasteiger partial charge in [0.2, 0.25) is 5.91 Å². The van der Waals surface area contributed by atoms with Crippen molar-refractivity contribution >= 4 is 28.9 Å². The zero-order chi connectivity index (χ0) is 24.6. The van der Waals surface area contributed by atoms with E-state index in [0.717, 1.165) is 50.5 Å². The van der Waals surface area contributed by atoms with Gasteiger partial charge in [0.05, 0.1) is 11.9 Å². The molecule has 0 aliphatic carbocycles. The lowest BCUT2D eigenvalue weighted by Crippen LogP contribution is -2.47. The highest BCUT2D eigenvalue weighted by Crippen LogP contribution is 2.20. The van der Waals surface area contributed by atoms with Gasteiger partial charge in [-0.1, -0.05) is 0 Å². The number of hydrogen-bond donors (Lipinski definition) is 1. The standard InChI is InChI=1S/C27H30FN5O2/c1-21(34)30-24-9-5-22(6-10-24)27(35)33(26-4-2-13-29-20-26)15-3-14-31-16-18-32(19-17-31)25-11-7-23(28)8-12-25/h2,4-13,20H,3,14-19H2,1H3,(H,30,34). The van der Waals surface area contributed by atoms with Crippen LogP contribution in [-0.4, -0.2) is 61.0 Å². The number of nitrogens with zero attached hydrogens (tertiary/aromatic N) is 4. The fourth-order valence-electron chi connectivity index (χ4n) is 4.25. The van der Waals surface area contributed by atoms with Gasteiger partial charge in [0.1, 0.15) is 5.82 Å². The topological polar surface area (TPSA) is 68.8 Å². The van der Waals surface area contributed by atoms with Crippen molar-refractivity contribution in [2.24, 2.45) is 0 Å². The summed E-state index contributed by atoms with van der Waals surface area (Å²) < 4.78 is 13.2. The van der Waals surface area contributed by atoms with Crippen LogP contribution in [0.1, 0.15) is 23.7 Å². The van der Waals surface area contributed by atoms with Crippen molar-refractivity contribution < 1.29 is 14.0 Å². The van der Waals surface area contributed by atoms with Gasteiger partial charge in [-0.05, 0) is 73.6 Å². The Bertz CT molecular complexity index is 1110. The number of anilines is 3. The van der Waals surface area contributed by atoms with Gasteiger partial charge in [-0.25, -0.2) is 4.39 Å². The number of pyridine rings is 1. The summed E-state index contributed by atoms with van der Waals surface area (Å²) in [5.74, 6) is -0.475. The molecule has 0 bridgehead atoms. The average Bonchev–Trinajstić information content (AvgIpc) is 2.88. The van der Waals surface area contributed by atoms with Crippen molar-refractivity contribution in [1.29, 1.82) is 0 Å². The van der Waals surface area contributed by atoms with E-state index in [9.17, 15) is 14.0 Å². The highest BCUT2D eigenvalue weighted by atomic mass is 19.1. The fourth-order valence-corrected chi connectivity index (χ4v) is 4.25. The Morgan fingerprint density at radius 3 is 2.34 bits per heavy atom. The summed E-state index contributed by atoms with van der Waals surface area (Å²) in [4.78, 5) is 35.2. The number of rotatable bonds is 8. The largest absolute Gasteiger partial charge is 0.369 e. The second-order valence-electron chi connectivity index (χ2n) is 8.59. The minimum Gasteiger partial charge on any atom is -0.369 e. The van der Waals surface area contributed by atoms with Gasteiger partial charge < -0.3 is 15.1 Å². The smallest absolute Gasteiger partial charge is 0.258 e. The van der Waals surface area contributed by atoms with Crippen molar-refractivity contribution in [1.82, 2.24) is 9.88 Å². The molecule has 0 saturated carbocycles. The average molecular weight is 476 g/mol. The number of piperazine rings is 1. The lowest BCUT2D eigenvalue weighted by Gasteiger charge is -2.36. The van der Waals surface area contributed by atoms with Crippen LogP contribution in [0.5, 0.6) is 0 Å². The summed E-state index contributed by atoms with van der Waals surface area (Å²) in [6.45, 7) is 6.51. The molecule has 0 spiro atoms. The van der Waals surface area contributed by atoms with Crippen molar-refractivity contribution in [3.8, 4) is 0 Å². The molecule has 1 fully saturated rings. The zero-order valence-electron chi connectivity index (χ0n) is 19.9. The third kappa shape index (κ3) is 6.64. The van der Waals surface area contributed by atoms with E-state index in [4.69, 9.17) is 0 Å². The van der Waals surface area contributed by atoms with E-state index in [1.807, 2.05) is 24.3 Å². The molecule has 4 rings (SSSR count). The van der Waals surface area contributed by atoms with Crippen LogP contribution < -0.4 is 15.1 Å². The first kappa shape index (κ1) is 24.3. The summed E-state index contributed by atoms with van der Waals surface area (Å²) in [7, 11) is 0. The number of nitrogens with one attached hydrogen (secondary N) is 1. The molecule has 1 N–H and O–H groups in total. The molecule has 1 aliphatic heterocycles. The van der Waals surface area contributed by atoms with Gasteiger partial charge in [-0.2, -0.15) is 0 Å². The van der Waals surface area contributed by atoms with Gasteiger partial charge in [0.25, 0.3) is 5.91 Å². The Hall–Kier alpha value is -3.78. The molecular weight excluding hydrogens is 445 g/mol. The minimum atomic E-state index is -0.219. The molecule has 0 unspecified atom stereocenters. The molecule has 0 radical (unpaired) electrons. The number of halogens is 1. The van der Waals surface area contributed by atoms with Crippen LogP contribution in [0.3, 0.4) is 0 Å². The van der Waals surface area contributed by atoms with Crippen LogP contribution in [0, 0.1) is 5.82 Å². The second-order valence-corrected chi connectivity index (χ2v) is 8.59. The third-order valence-electron chi connectivity index (χ3n) is 6.08. The molecule has 35 heavy (non-hydrogen) atoms. The van der Waals surface area contributed by atoms with Crippen LogP contribution in [0.25, 0.3) is 0 Å². The Morgan fingerprint density at radius 2 is 1.71 bits per heavy atom. The molecular formula is C27H30FN5O2. The molecule has 1 saturated heterocycles. The quantitative estimate of drug-likeness (QED) is 0.533. The number of carbonyl (C=O) groups excluding carboxylic acids is 2. The second kappa shape index (κ2) is 11.6. The van der Waals surface area contributed by atoms with Crippen LogP contribution in [-0.2, 0) is 4.79 Å². The predicted octanol–water partition coefficient (Wildman–Crippen LogP) is 4.04. The summed E-state index contributed by atoms with van der Waals surface area (Å²) in [6.07, 6.45) is 4.21. The maximum absolute atomic E-state index is 13.3. The van der Waals surface area contributed by atoms with E-state index >= 15 is 0 Å². The highest BCUT2D eigenvalue weighted by Gasteiger charge is 2.20. The van der Waals surface area contributed by atoms with Crippen molar-refractivity contribution in [3.05, 3.63) is 84.4 Å². The van der Waals surface area contributed by atoms with Crippen LogP contribution in [0.4, 0.5) is 21.5 Å². The molecule has 3 aromatic rings. The lowest BCUT2D eigenvalue weighted by atomic mass is 10.1. The molecule has 182 valence electrons. The van der Waals surface area contributed by atoms with Crippen molar-refractivity contribution in [3.63, 3.8) is 0 Å². The van der Waals surface area contributed by atoms with E-state index in [1.165, 1.54) is 19.1 Å². The maximum Gasteiger partial charge on any atom is 0.258 e. The molecule has 2 amide bonds. The Balaban J connectivity index is 1.34. The monoisotopic (exact) mass is 475 g/mol.